The minimum atomic E-state index is -4.64. The molecular formula is C24H17F3N4O5S. The number of nitrogens with zero attached hydrogens (tertiary/aromatic N) is 2. The quantitative estimate of drug-likeness (QED) is 0.370. The summed E-state index contributed by atoms with van der Waals surface area (Å²) in [5.74, 6) is -2.33. The second-order valence-corrected chi connectivity index (χ2v) is 8.67. The van der Waals surface area contributed by atoms with Gasteiger partial charge in [0, 0.05) is 23.1 Å². The van der Waals surface area contributed by atoms with Crippen molar-refractivity contribution in [2.45, 2.75) is 13.1 Å². The summed E-state index contributed by atoms with van der Waals surface area (Å²) in [5.41, 5.74) is -1.33. The SMILES string of the molecule is COC(=O)c1ccc(NC(=O)c2sc3nc(C)cc(=O)n3c2C(=O)Nc2cccc(C(F)(F)F)c2)cc1. The Bertz CT molecular complexity index is 1590. The van der Waals surface area contributed by atoms with Crippen LogP contribution in [0.2, 0.25) is 0 Å². The molecule has 0 radical (unpaired) electrons. The molecule has 2 aromatic carbocycles. The van der Waals surface area contributed by atoms with E-state index in [1.54, 1.807) is 6.92 Å². The minimum absolute atomic E-state index is 0.0466. The fourth-order valence-electron chi connectivity index (χ4n) is 3.40. The topological polar surface area (TPSA) is 119 Å². The predicted octanol–water partition coefficient (Wildman–Crippen LogP) is 4.37. The monoisotopic (exact) mass is 530 g/mol. The van der Waals surface area contributed by atoms with Crippen molar-refractivity contribution in [3.8, 4) is 0 Å². The summed E-state index contributed by atoms with van der Waals surface area (Å²) in [7, 11) is 1.23. The largest absolute Gasteiger partial charge is 0.465 e. The Morgan fingerprint density at radius 1 is 0.973 bits per heavy atom. The van der Waals surface area contributed by atoms with Crippen LogP contribution in [0.15, 0.2) is 59.4 Å². The smallest absolute Gasteiger partial charge is 0.416 e. The molecule has 0 unspecified atom stereocenters. The molecule has 4 rings (SSSR count). The van der Waals surface area contributed by atoms with Crippen molar-refractivity contribution >= 4 is 45.5 Å². The maximum absolute atomic E-state index is 13.2. The third-order valence-electron chi connectivity index (χ3n) is 5.08. The van der Waals surface area contributed by atoms with Gasteiger partial charge in [0.25, 0.3) is 17.4 Å². The van der Waals surface area contributed by atoms with E-state index in [-0.39, 0.29) is 26.8 Å². The highest BCUT2D eigenvalue weighted by atomic mass is 32.1. The van der Waals surface area contributed by atoms with E-state index < -0.39 is 40.8 Å². The molecule has 13 heteroatoms. The number of hydrogen-bond acceptors (Lipinski definition) is 7. The van der Waals surface area contributed by atoms with Crippen molar-refractivity contribution in [2.75, 3.05) is 17.7 Å². The lowest BCUT2D eigenvalue weighted by molar-refractivity contribution is -0.137. The molecule has 0 aliphatic carbocycles. The van der Waals surface area contributed by atoms with E-state index in [1.165, 1.54) is 37.4 Å². The number of ether oxygens (including phenoxy) is 1. The number of rotatable bonds is 5. The van der Waals surface area contributed by atoms with Crippen molar-refractivity contribution in [3.63, 3.8) is 0 Å². The lowest BCUT2D eigenvalue weighted by Gasteiger charge is -2.11. The number of carbonyl (C=O) groups is 3. The van der Waals surface area contributed by atoms with Crippen molar-refractivity contribution in [1.29, 1.82) is 0 Å². The van der Waals surface area contributed by atoms with E-state index in [4.69, 9.17) is 0 Å². The van der Waals surface area contributed by atoms with Crippen LogP contribution in [0.25, 0.3) is 4.96 Å². The first-order valence-electron chi connectivity index (χ1n) is 10.5. The first-order chi connectivity index (χ1) is 17.5. The molecule has 2 heterocycles. The number of amides is 2. The number of carbonyl (C=O) groups excluding carboxylic acids is 3. The van der Waals surface area contributed by atoms with Gasteiger partial charge < -0.3 is 15.4 Å². The minimum Gasteiger partial charge on any atom is -0.465 e. The number of aromatic nitrogens is 2. The number of methoxy groups -OCH3 is 1. The normalized spacial score (nSPS) is 11.3. The van der Waals surface area contributed by atoms with Crippen LogP contribution in [0.3, 0.4) is 0 Å². The van der Waals surface area contributed by atoms with Gasteiger partial charge in [0.1, 0.15) is 10.6 Å². The molecule has 0 saturated carbocycles. The highest BCUT2D eigenvalue weighted by molar-refractivity contribution is 7.19. The predicted molar refractivity (Wildman–Crippen MR) is 129 cm³/mol. The fraction of sp³-hybridized carbons (Fsp3) is 0.125. The fourth-order valence-corrected chi connectivity index (χ4v) is 4.47. The highest BCUT2D eigenvalue weighted by Gasteiger charge is 2.31. The molecular weight excluding hydrogens is 513 g/mol. The molecule has 4 aromatic rings. The summed E-state index contributed by atoms with van der Waals surface area (Å²) < 4.78 is 44.9. The zero-order valence-electron chi connectivity index (χ0n) is 19.2. The van der Waals surface area contributed by atoms with E-state index in [0.717, 1.165) is 40.0 Å². The summed E-state index contributed by atoms with van der Waals surface area (Å²) in [4.78, 5) is 54.8. The number of thiazole rings is 1. The van der Waals surface area contributed by atoms with Crippen molar-refractivity contribution in [2.24, 2.45) is 0 Å². The number of aryl methyl sites for hydroxylation is 1. The maximum Gasteiger partial charge on any atom is 0.416 e. The number of hydrogen-bond donors (Lipinski definition) is 2. The molecule has 0 saturated heterocycles. The standard InChI is InChI=1S/C24H17F3N4O5S/c1-12-10-17(32)31-18(20(33)30-16-5-3-4-14(11-16)24(25,26)27)19(37-23(31)28-12)21(34)29-15-8-6-13(7-9-15)22(35)36-2/h3-11H,1-2H3,(H,29,34)(H,30,33). The van der Waals surface area contributed by atoms with E-state index in [0.29, 0.717) is 5.69 Å². The summed E-state index contributed by atoms with van der Waals surface area (Å²) in [6, 6.07) is 10.8. The average Bonchev–Trinajstić information content (AvgIpc) is 3.24. The average molecular weight is 530 g/mol. The van der Waals surface area contributed by atoms with Gasteiger partial charge in [-0.15, -0.1) is 0 Å². The second-order valence-electron chi connectivity index (χ2n) is 7.69. The summed E-state index contributed by atoms with van der Waals surface area (Å²) in [6.07, 6.45) is -4.64. The molecule has 0 spiro atoms. The third kappa shape index (κ3) is 5.35. The van der Waals surface area contributed by atoms with Crippen LogP contribution in [0, 0.1) is 6.92 Å². The van der Waals surface area contributed by atoms with Crippen LogP contribution in [-0.2, 0) is 10.9 Å². The number of nitrogens with one attached hydrogen (secondary N) is 2. The molecule has 2 amide bonds. The highest BCUT2D eigenvalue weighted by Crippen LogP contribution is 2.31. The first-order valence-corrected chi connectivity index (χ1v) is 11.3. The van der Waals surface area contributed by atoms with E-state index in [2.05, 4.69) is 20.4 Å². The number of esters is 1. The number of halogens is 3. The Labute approximate surface area is 210 Å². The van der Waals surface area contributed by atoms with Crippen LogP contribution in [-0.4, -0.2) is 34.3 Å². The van der Waals surface area contributed by atoms with E-state index in [9.17, 15) is 32.3 Å². The van der Waals surface area contributed by atoms with Gasteiger partial charge in [0.05, 0.1) is 18.2 Å². The Balaban J connectivity index is 1.73. The number of benzene rings is 2. The Morgan fingerprint density at radius 3 is 2.30 bits per heavy atom. The maximum atomic E-state index is 13.2. The molecule has 0 aliphatic rings. The number of anilines is 2. The third-order valence-corrected chi connectivity index (χ3v) is 6.12. The molecule has 0 aliphatic heterocycles. The van der Waals surface area contributed by atoms with Gasteiger partial charge in [-0.1, -0.05) is 17.4 Å². The van der Waals surface area contributed by atoms with Gasteiger partial charge in [-0.05, 0) is 49.4 Å². The van der Waals surface area contributed by atoms with Crippen LogP contribution < -0.4 is 16.2 Å². The first kappa shape index (κ1) is 25.6. The number of fused-ring (bicyclic) bond motifs is 1. The lowest BCUT2D eigenvalue weighted by atomic mass is 10.2. The van der Waals surface area contributed by atoms with E-state index in [1.807, 2.05) is 0 Å². The summed E-state index contributed by atoms with van der Waals surface area (Å²) in [6.45, 7) is 1.56. The molecule has 0 fully saturated rings. The zero-order valence-corrected chi connectivity index (χ0v) is 20.0. The molecule has 9 nitrogen and oxygen atoms in total. The van der Waals surface area contributed by atoms with Crippen molar-refractivity contribution in [3.05, 3.63) is 92.3 Å². The van der Waals surface area contributed by atoms with Gasteiger partial charge in [-0.25, -0.2) is 14.2 Å². The summed E-state index contributed by atoms with van der Waals surface area (Å²) in [5, 5.41) is 4.90. The van der Waals surface area contributed by atoms with Crippen molar-refractivity contribution < 1.29 is 32.3 Å². The van der Waals surface area contributed by atoms with Crippen LogP contribution in [0.1, 0.15) is 41.8 Å². The van der Waals surface area contributed by atoms with Crippen molar-refractivity contribution in [1.82, 2.24) is 9.38 Å². The van der Waals surface area contributed by atoms with Crippen LogP contribution in [0.4, 0.5) is 24.5 Å². The van der Waals surface area contributed by atoms with Gasteiger partial charge >= 0.3 is 12.1 Å². The van der Waals surface area contributed by atoms with Gasteiger partial charge in [-0.3, -0.25) is 14.4 Å². The van der Waals surface area contributed by atoms with E-state index >= 15 is 0 Å². The Kier molecular flexibility index (Phi) is 6.81. The zero-order chi connectivity index (χ0) is 26.9. The number of alkyl halides is 3. The molecule has 2 aromatic heterocycles. The second kappa shape index (κ2) is 9.85. The summed E-state index contributed by atoms with van der Waals surface area (Å²) >= 11 is 0.762. The molecule has 0 atom stereocenters. The Morgan fingerprint density at radius 2 is 1.65 bits per heavy atom. The molecule has 37 heavy (non-hydrogen) atoms. The Hall–Kier alpha value is -4.52. The van der Waals surface area contributed by atoms with Gasteiger partial charge in [-0.2, -0.15) is 13.2 Å². The lowest BCUT2D eigenvalue weighted by Crippen LogP contribution is -2.25. The van der Waals surface area contributed by atoms with Gasteiger partial charge in [0.15, 0.2) is 4.96 Å². The molecule has 0 bridgehead atoms. The van der Waals surface area contributed by atoms with Gasteiger partial charge in [0.2, 0.25) is 0 Å². The van der Waals surface area contributed by atoms with Crippen LogP contribution in [0.5, 0.6) is 0 Å². The van der Waals surface area contributed by atoms with Crippen LogP contribution >= 0.6 is 11.3 Å². The molecule has 190 valence electrons. The molecule has 2 N–H and O–H groups in total.